The lowest BCUT2D eigenvalue weighted by molar-refractivity contribution is -0.137. The summed E-state index contributed by atoms with van der Waals surface area (Å²) in [5.74, 6) is -0.598. The summed E-state index contributed by atoms with van der Waals surface area (Å²) in [6.45, 7) is 1.69. The summed E-state index contributed by atoms with van der Waals surface area (Å²) >= 11 is 0. The smallest absolute Gasteiger partial charge is 0.416 e. The first-order valence-corrected chi connectivity index (χ1v) is 5.65. The average Bonchev–Trinajstić information content (AvgIpc) is 2.79. The number of rotatable bonds is 2. The normalized spacial score (nSPS) is 11.4. The van der Waals surface area contributed by atoms with Crippen molar-refractivity contribution in [1.29, 1.82) is 0 Å². The highest BCUT2D eigenvalue weighted by Gasteiger charge is 2.30. The number of carbonyl (C=O) groups is 1. The number of nitrogens with zero attached hydrogens (tertiary/aromatic N) is 2. The maximum absolute atomic E-state index is 12.5. The van der Waals surface area contributed by atoms with Crippen LogP contribution in [0, 0.1) is 6.92 Å². The Morgan fingerprint density at radius 3 is 2.35 bits per heavy atom. The summed E-state index contributed by atoms with van der Waals surface area (Å²) in [5.41, 5.74) is 0.417. The summed E-state index contributed by atoms with van der Waals surface area (Å²) < 4.78 is 43.3. The molecule has 0 aliphatic heterocycles. The monoisotopic (exact) mass is 284 g/mol. The Labute approximate surface area is 112 Å². The standard InChI is InChI=1S/C13H11F3N2O2/c1-8-7-11(12(19)20-2)17-18(8)10-5-3-9(4-6-10)13(14,15)16/h3-7H,1-2H3. The number of benzene rings is 1. The SMILES string of the molecule is COC(=O)c1cc(C)n(-c2ccc(C(F)(F)F)cc2)n1. The first kappa shape index (κ1) is 14.1. The molecule has 4 nitrogen and oxygen atoms in total. The lowest BCUT2D eigenvalue weighted by atomic mass is 10.2. The van der Waals surface area contributed by atoms with Crippen LogP contribution in [0.15, 0.2) is 30.3 Å². The van der Waals surface area contributed by atoms with Crippen molar-refractivity contribution in [3.05, 3.63) is 47.3 Å². The second kappa shape index (κ2) is 4.99. The van der Waals surface area contributed by atoms with E-state index in [1.54, 1.807) is 6.92 Å². The summed E-state index contributed by atoms with van der Waals surface area (Å²) in [7, 11) is 1.23. The first-order chi connectivity index (χ1) is 9.32. The predicted molar refractivity (Wildman–Crippen MR) is 64.6 cm³/mol. The Bertz CT molecular complexity index is 630. The highest BCUT2D eigenvalue weighted by molar-refractivity contribution is 5.87. The van der Waals surface area contributed by atoms with Gasteiger partial charge in [-0.25, -0.2) is 9.48 Å². The molecule has 0 spiro atoms. The van der Waals surface area contributed by atoms with Crippen LogP contribution in [0.2, 0.25) is 0 Å². The minimum Gasteiger partial charge on any atom is -0.464 e. The molecule has 0 saturated carbocycles. The number of alkyl halides is 3. The van der Waals surface area contributed by atoms with Crippen molar-refractivity contribution in [3.63, 3.8) is 0 Å². The molecule has 1 aromatic heterocycles. The van der Waals surface area contributed by atoms with Gasteiger partial charge in [0.05, 0.1) is 18.4 Å². The van der Waals surface area contributed by atoms with Gasteiger partial charge in [0.1, 0.15) is 0 Å². The number of ether oxygens (including phenoxy) is 1. The third-order valence-electron chi connectivity index (χ3n) is 2.72. The molecule has 0 unspecified atom stereocenters. The minimum absolute atomic E-state index is 0.102. The van der Waals surface area contributed by atoms with E-state index in [1.807, 2.05) is 0 Å². The van der Waals surface area contributed by atoms with Crippen molar-refractivity contribution in [2.45, 2.75) is 13.1 Å². The van der Waals surface area contributed by atoms with Gasteiger partial charge in [-0.1, -0.05) is 0 Å². The first-order valence-electron chi connectivity index (χ1n) is 5.65. The Balaban J connectivity index is 2.37. The number of aryl methyl sites for hydroxylation is 1. The van der Waals surface area contributed by atoms with Crippen molar-refractivity contribution < 1.29 is 22.7 Å². The molecular weight excluding hydrogens is 273 g/mol. The molecule has 0 atom stereocenters. The van der Waals surface area contributed by atoms with Crippen LogP contribution in [0.4, 0.5) is 13.2 Å². The molecule has 0 aliphatic rings. The molecule has 1 aromatic carbocycles. The molecule has 0 radical (unpaired) electrons. The van der Waals surface area contributed by atoms with Gasteiger partial charge in [-0.15, -0.1) is 0 Å². The van der Waals surface area contributed by atoms with Gasteiger partial charge in [-0.2, -0.15) is 18.3 Å². The molecule has 20 heavy (non-hydrogen) atoms. The van der Waals surface area contributed by atoms with Crippen LogP contribution >= 0.6 is 0 Å². The number of methoxy groups -OCH3 is 1. The fraction of sp³-hybridized carbons (Fsp3) is 0.231. The summed E-state index contributed by atoms with van der Waals surface area (Å²) in [6, 6.07) is 6.03. The molecule has 0 amide bonds. The van der Waals surface area contributed by atoms with Gasteiger partial charge in [0.25, 0.3) is 0 Å². The predicted octanol–water partition coefficient (Wildman–Crippen LogP) is 2.99. The highest BCUT2D eigenvalue weighted by atomic mass is 19.4. The van der Waals surface area contributed by atoms with Gasteiger partial charge in [0.15, 0.2) is 5.69 Å². The number of esters is 1. The van der Waals surface area contributed by atoms with E-state index in [4.69, 9.17) is 0 Å². The largest absolute Gasteiger partial charge is 0.464 e. The molecular formula is C13H11F3N2O2. The maximum Gasteiger partial charge on any atom is 0.416 e. The van der Waals surface area contributed by atoms with Gasteiger partial charge in [0.2, 0.25) is 0 Å². The highest BCUT2D eigenvalue weighted by Crippen LogP contribution is 2.29. The van der Waals surface area contributed by atoms with Crippen LogP contribution in [-0.4, -0.2) is 22.9 Å². The van der Waals surface area contributed by atoms with Gasteiger partial charge in [0, 0.05) is 5.69 Å². The van der Waals surface area contributed by atoms with Crippen LogP contribution in [0.3, 0.4) is 0 Å². The second-order valence-electron chi connectivity index (χ2n) is 4.12. The van der Waals surface area contributed by atoms with Crippen molar-refractivity contribution in [1.82, 2.24) is 9.78 Å². The molecule has 0 aliphatic carbocycles. The number of carbonyl (C=O) groups excluding carboxylic acids is 1. The van der Waals surface area contributed by atoms with Gasteiger partial charge < -0.3 is 4.74 Å². The van der Waals surface area contributed by atoms with E-state index in [0.717, 1.165) is 12.1 Å². The molecule has 2 aromatic rings. The molecule has 0 fully saturated rings. The fourth-order valence-electron chi connectivity index (χ4n) is 1.73. The molecule has 106 valence electrons. The Morgan fingerprint density at radius 2 is 1.85 bits per heavy atom. The van der Waals surface area contributed by atoms with Crippen LogP contribution in [0.5, 0.6) is 0 Å². The van der Waals surface area contributed by atoms with E-state index in [-0.39, 0.29) is 5.69 Å². The van der Waals surface area contributed by atoms with E-state index in [0.29, 0.717) is 11.4 Å². The van der Waals surface area contributed by atoms with Gasteiger partial charge in [-0.3, -0.25) is 0 Å². The second-order valence-corrected chi connectivity index (χ2v) is 4.12. The van der Waals surface area contributed by atoms with E-state index < -0.39 is 17.7 Å². The minimum atomic E-state index is -4.38. The molecule has 7 heteroatoms. The van der Waals surface area contributed by atoms with Gasteiger partial charge in [-0.05, 0) is 37.3 Å². The van der Waals surface area contributed by atoms with Crippen molar-refractivity contribution in [2.24, 2.45) is 0 Å². The number of aromatic nitrogens is 2. The Hall–Kier alpha value is -2.31. The Morgan fingerprint density at radius 1 is 1.25 bits per heavy atom. The van der Waals surface area contributed by atoms with Gasteiger partial charge >= 0.3 is 12.1 Å². The van der Waals surface area contributed by atoms with E-state index in [9.17, 15) is 18.0 Å². The molecule has 1 heterocycles. The van der Waals surface area contributed by atoms with Crippen molar-refractivity contribution in [2.75, 3.05) is 7.11 Å². The summed E-state index contributed by atoms with van der Waals surface area (Å²) in [6.07, 6.45) is -4.38. The molecule has 0 bridgehead atoms. The molecule has 2 rings (SSSR count). The van der Waals surface area contributed by atoms with Crippen LogP contribution in [0.1, 0.15) is 21.7 Å². The number of hydrogen-bond acceptors (Lipinski definition) is 3. The lowest BCUT2D eigenvalue weighted by Gasteiger charge is -2.08. The fourth-order valence-corrected chi connectivity index (χ4v) is 1.73. The third-order valence-corrected chi connectivity index (χ3v) is 2.72. The summed E-state index contributed by atoms with van der Waals surface area (Å²) in [5, 5.41) is 4.00. The zero-order valence-electron chi connectivity index (χ0n) is 10.7. The van der Waals surface area contributed by atoms with Crippen molar-refractivity contribution in [3.8, 4) is 5.69 Å². The number of halogens is 3. The number of hydrogen-bond donors (Lipinski definition) is 0. The summed E-state index contributed by atoms with van der Waals surface area (Å²) in [4.78, 5) is 11.3. The van der Waals surface area contributed by atoms with Crippen LogP contribution in [0.25, 0.3) is 5.69 Å². The quantitative estimate of drug-likeness (QED) is 0.796. The molecule has 0 saturated heterocycles. The van der Waals surface area contributed by atoms with Crippen molar-refractivity contribution >= 4 is 5.97 Å². The van der Waals surface area contributed by atoms with E-state index in [2.05, 4.69) is 9.84 Å². The third kappa shape index (κ3) is 2.66. The molecule has 0 N–H and O–H groups in total. The zero-order chi connectivity index (χ0) is 14.9. The topological polar surface area (TPSA) is 44.1 Å². The van der Waals surface area contributed by atoms with E-state index in [1.165, 1.54) is 30.0 Å². The Kier molecular flexibility index (Phi) is 3.52. The van der Waals surface area contributed by atoms with E-state index >= 15 is 0 Å². The van der Waals surface area contributed by atoms with Crippen LogP contribution in [-0.2, 0) is 10.9 Å². The lowest BCUT2D eigenvalue weighted by Crippen LogP contribution is -2.07. The van der Waals surface area contributed by atoms with Crippen LogP contribution < -0.4 is 0 Å². The zero-order valence-corrected chi connectivity index (χ0v) is 10.7. The average molecular weight is 284 g/mol. The maximum atomic E-state index is 12.5.